The summed E-state index contributed by atoms with van der Waals surface area (Å²) in [5.74, 6) is 4.51. The second-order valence-corrected chi connectivity index (χ2v) is 11.8. The first-order valence-electron chi connectivity index (χ1n) is 13.4. The van der Waals surface area contributed by atoms with Crippen LogP contribution in [-0.4, -0.2) is 37.2 Å². The number of pyridine rings is 1. The van der Waals surface area contributed by atoms with Crippen molar-refractivity contribution in [2.75, 3.05) is 5.73 Å². The van der Waals surface area contributed by atoms with Gasteiger partial charge in [0, 0.05) is 29.6 Å². The fourth-order valence-corrected chi connectivity index (χ4v) is 4.72. The van der Waals surface area contributed by atoms with Crippen molar-refractivity contribution in [2.45, 2.75) is 65.2 Å². The number of carbonyl (C=O) groups is 1. The second-order valence-electron chi connectivity index (χ2n) is 11.8. The number of nitrogens with one attached hydrogen (secondary N) is 1. The SMILES string of the molecule is Cc1ccc(-c2ccc(C#CC(C)(C)O)nc2[C@H](Cc2cc(F)cc(F)c2)NC(=O)OC(C)(C)C)c2c1c(N)nn2C. The summed E-state index contributed by atoms with van der Waals surface area (Å²) in [7, 11) is 1.78. The van der Waals surface area contributed by atoms with Crippen LogP contribution in [0.3, 0.4) is 0 Å². The molecule has 4 rings (SSSR count). The minimum atomic E-state index is -1.27. The predicted octanol–water partition coefficient (Wildman–Crippen LogP) is 5.74. The van der Waals surface area contributed by atoms with Crippen LogP contribution in [-0.2, 0) is 18.2 Å². The van der Waals surface area contributed by atoms with Gasteiger partial charge in [-0.3, -0.25) is 4.68 Å². The van der Waals surface area contributed by atoms with E-state index in [0.29, 0.717) is 28.3 Å². The second kappa shape index (κ2) is 11.4. The molecule has 2 aromatic heterocycles. The molecule has 4 N–H and O–H groups in total. The number of hydrogen-bond acceptors (Lipinski definition) is 6. The number of aliphatic hydroxyl groups is 1. The molecular weight excluding hydrogens is 540 g/mol. The number of anilines is 1. The van der Waals surface area contributed by atoms with E-state index in [2.05, 4.69) is 22.3 Å². The fourth-order valence-electron chi connectivity index (χ4n) is 4.72. The third-order valence-corrected chi connectivity index (χ3v) is 6.32. The Morgan fingerprint density at radius 2 is 1.74 bits per heavy atom. The molecule has 0 aliphatic carbocycles. The van der Waals surface area contributed by atoms with Crippen LogP contribution in [0.4, 0.5) is 19.4 Å². The van der Waals surface area contributed by atoms with Crippen molar-refractivity contribution in [3.05, 3.63) is 76.6 Å². The number of aromatic nitrogens is 3. The molecule has 4 aromatic rings. The monoisotopic (exact) mass is 575 g/mol. The Balaban J connectivity index is 1.98. The van der Waals surface area contributed by atoms with Gasteiger partial charge in [-0.05, 0) is 89.3 Å². The maximum absolute atomic E-state index is 14.2. The molecule has 220 valence electrons. The molecule has 0 unspecified atom stereocenters. The van der Waals surface area contributed by atoms with E-state index < -0.39 is 35.0 Å². The number of aryl methyl sites for hydroxylation is 2. The molecule has 10 heteroatoms. The molecule has 0 radical (unpaired) electrons. The van der Waals surface area contributed by atoms with E-state index in [1.54, 1.807) is 58.5 Å². The summed E-state index contributed by atoms with van der Waals surface area (Å²) in [4.78, 5) is 17.9. The maximum atomic E-state index is 14.2. The van der Waals surface area contributed by atoms with E-state index in [-0.39, 0.29) is 6.42 Å². The summed E-state index contributed by atoms with van der Waals surface area (Å²) in [5.41, 5.74) is 8.20. The molecule has 2 aromatic carbocycles. The summed E-state index contributed by atoms with van der Waals surface area (Å²) < 4.78 is 35.6. The molecule has 0 saturated heterocycles. The number of benzene rings is 2. The molecule has 0 saturated carbocycles. The Morgan fingerprint density at radius 1 is 1.10 bits per heavy atom. The number of nitrogen functional groups attached to an aromatic ring is 1. The lowest BCUT2D eigenvalue weighted by atomic mass is 9.93. The van der Waals surface area contributed by atoms with Crippen molar-refractivity contribution < 1.29 is 23.4 Å². The number of carbonyl (C=O) groups excluding carboxylic acids is 1. The first kappa shape index (κ1) is 30.5. The lowest BCUT2D eigenvalue weighted by Gasteiger charge is -2.25. The van der Waals surface area contributed by atoms with Gasteiger partial charge in [-0.2, -0.15) is 5.10 Å². The van der Waals surface area contributed by atoms with Gasteiger partial charge in [-0.25, -0.2) is 18.6 Å². The number of rotatable bonds is 5. The van der Waals surface area contributed by atoms with E-state index >= 15 is 0 Å². The highest BCUT2D eigenvalue weighted by molar-refractivity contribution is 6.02. The summed E-state index contributed by atoms with van der Waals surface area (Å²) >= 11 is 0. The smallest absolute Gasteiger partial charge is 0.408 e. The number of nitrogens with two attached hydrogens (primary N) is 1. The van der Waals surface area contributed by atoms with Gasteiger partial charge in [-0.15, -0.1) is 0 Å². The van der Waals surface area contributed by atoms with Gasteiger partial charge in [0.1, 0.15) is 28.5 Å². The third kappa shape index (κ3) is 7.22. The lowest BCUT2D eigenvalue weighted by molar-refractivity contribution is 0.0502. The van der Waals surface area contributed by atoms with Crippen molar-refractivity contribution >= 4 is 22.8 Å². The molecule has 1 amide bonds. The lowest BCUT2D eigenvalue weighted by Crippen LogP contribution is -2.36. The van der Waals surface area contributed by atoms with Crippen LogP contribution in [0.2, 0.25) is 0 Å². The molecule has 0 fully saturated rings. The molecule has 2 heterocycles. The van der Waals surface area contributed by atoms with Crippen LogP contribution >= 0.6 is 0 Å². The largest absolute Gasteiger partial charge is 0.444 e. The third-order valence-electron chi connectivity index (χ3n) is 6.32. The predicted molar refractivity (Wildman–Crippen MR) is 158 cm³/mol. The Hall–Kier alpha value is -4.49. The van der Waals surface area contributed by atoms with Gasteiger partial charge in [-0.1, -0.05) is 18.1 Å². The first-order valence-corrected chi connectivity index (χ1v) is 13.4. The highest BCUT2D eigenvalue weighted by Gasteiger charge is 2.27. The van der Waals surface area contributed by atoms with E-state index in [4.69, 9.17) is 15.5 Å². The van der Waals surface area contributed by atoms with Crippen molar-refractivity contribution in [3.63, 3.8) is 0 Å². The maximum Gasteiger partial charge on any atom is 0.408 e. The zero-order chi connectivity index (χ0) is 31.0. The number of nitrogens with zero attached hydrogens (tertiary/aromatic N) is 3. The van der Waals surface area contributed by atoms with Crippen molar-refractivity contribution in [2.24, 2.45) is 7.05 Å². The summed E-state index contributed by atoms with van der Waals surface area (Å²) in [6, 6.07) is 9.63. The van der Waals surface area contributed by atoms with E-state index in [0.717, 1.165) is 28.1 Å². The van der Waals surface area contributed by atoms with Gasteiger partial charge in [0.25, 0.3) is 0 Å². The standard InChI is InChI=1S/C32H35F2N5O3/c1-18-8-10-24(28-26(18)29(35)38-39(28)7)23-11-9-22(12-13-32(5,6)41)36-27(23)25(37-30(40)42-31(2,3)4)16-19-14-20(33)17-21(34)15-19/h8-11,14-15,17,25,41H,16H2,1-7H3,(H2,35,38)(H,37,40)/t25-/m0/s1. The fraction of sp³-hybridized carbons (Fsp3) is 0.344. The first-order chi connectivity index (χ1) is 19.5. The highest BCUT2D eigenvalue weighted by Crippen LogP contribution is 2.37. The highest BCUT2D eigenvalue weighted by atomic mass is 19.1. The molecule has 8 nitrogen and oxygen atoms in total. The molecular formula is C32H35F2N5O3. The van der Waals surface area contributed by atoms with E-state index in [9.17, 15) is 18.7 Å². The van der Waals surface area contributed by atoms with Crippen LogP contribution in [0, 0.1) is 30.4 Å². The van der Waals surface area contributed by atoms with Crippen molar-refractivity contribution in [1.82, 2.24) is 20.1 Å². The Labute approximate surface area is 243 Å². The van der Waals surface area contributed by atoms with E-state index in [1.807, 2.05) is 19.1 Å². The number of ether oxygens (including phenoxy) is 1. The van der Waals surface area contributed by atoms with Crippen LogP contribution in [0.25, 0.3) is 22.0 Å². The number of hydrogen-bond donors (Lipinski definition) is 3. The van der Waals surface area contributed by atoms with Crippen molar-refractivity contribution in [1.29, 1.82) is 0 Å². The van der Waals surface area contributed by atoms with Gasteiger partial charge in [0.05, 0.1) is 17.3 Å². The van der Waals surface area contributed by atoms with Crippen LogP contribution < -0.4 is 11.1 Å². The molecule has 1 atom stereocenters. The number of alkyl carbamates (subject to hydrolysis) is 1. The minimum Gasteiger partial charge on any atom is -0.444 e. The van der Waals surface area contributed by atoms with Gasteiger partial charge in [0.2, 0.25) is 0 Å². The molecule has 0 aliphatic rings. The number of amides is 1. The Bertz CT molecular complexity index is 1700. The van der Waals surface area contributed by atoms with Crippen molar-refractivity contribution in [3.8, 4) is 23.0 Å². The van der Waals surface area contributed by atoms with Gasteiger partial charge >= 0.3 is 6.09 Å². The molecule has 42 heavy (non-hydrogen) atoms. The van der Waals surface area contributed by atoms with Gasteiger partial charge < -0.3 is 20.9 Å². The summed E-state index contributed by atoms with van der Waals surface area (Å²) in [6.07, 6.45) is -0.748. The molecule has 0 bridgehead atoms. The topological polar surface area (TPSA) is 115 Å². The summed E-state index contributed by atoms with van der Waals surface area (Å²) in [6.45, 7) is 10.2. The van der Waals surface area contributed by atoms with Crippen LogP contribution in [0.5, 0.6) is 0 Å². The number of halogens is 2. The molecule has 0 aliphatic heterocycles. The normalized spacial score (nSPS) is 12.5. The van der Waals surface area contributed by atoms with E-state index in [1.165, 1.54) is 12.1 Å². The van der Waals surface area contributed by atoms with Gasteiger partial charge in [0.15, 0.2) is 5.82 Å². The Kier molecular flexibility index (Phi) is 8.28. The Morgan fingerprint density at radius 3 is 2.36 bits per heavy atom. The zero-order valence-corrected chi connectivity index (χ0v) is 24.8. The minimum absolute atomic E-state index is 0.0151. The summed E-state index contributed by atoms with van der Waals surface area (Å²) in [5, 5.41) is 18.2. The number of fused-ring (bicyclic) bond motifs is 1. The average Bonchev–Trinajstić information content (AvgIpc) is 3.15. The molecule has 0 spiro atoms. The quantitative estimate of drug-likeness (QED) is 0.262. The van der Waals surface area contributed by atoms with Crippen LogP contribution in [0.15, 0.2) is 42.5 Å². The zero-order valence-electron chi connectivity index (χ0n) is 24.8. The van der Waals surface area contributed by atoms with Crippen LogP contribution in [0.1, 0.15) is 63.2 Å². The average molecular weight is 576 g/mol.